The van der Waals surface area contributed by atoms with Gasteiger partial charge >= 0.3 is 0 Å². The smallest absolute Gasteiger partial charge is 0.187 e. The molecular formula is C9H11NO. The lowest BCUT2D eigenvalue weighted by molar-refractivity contribution is 0.277. The van der Waals surface area contributed by atoms with Crippen LogP contribution in [0.15, 0.2) is 30.3 Å². The molecule has 2 heteroatoms. The van der Waals surface area contributed by atoms with Crippen molar-refractivity contribution in [1.82, 2.24) is 0 Å². The van der Waals surface area contributed by atoms with E-state index in [1.165, 1.54) is 0 Å². The van der Waals surface area contributed by atoms with Crippen LogP contribution in [0.1, 0.15) is 0 Å². The SMILES string of the molecule is COC.[C-]#[N+]c1ccccc1. The topological polar surface area (TPSA) is 13.6 Å². The fourth-order valence-corrected chi connectivity index (χ4v) is 0.503. The zero-order valence-electron chi connectivity index (χ0n) is 6.74. The van der Waals surface area contributed by atoms with Crippen LogP contribution in [0.4, 0.5) is 5.69 Å². The van der Waals surface area contributed by atoms with Crippen LogP contribution in [-0.4, -0.2) is 14.2 Å². The number of benzene rings is 1. The van der Waals surface area contributed by atoms with Crippen LogP contribution in [0.2, 0.25) is 0 Å². The summed E-state index contributed by atoms with van der Waals surface area (Å²) in [7, 11) is 3.25. The highest BCUT2D eigenvalue weighted by atomic mass is 16.4. The fraction of sp³-hybridized carbons (Fsp3) is 0.222. The molecule has 0 saturated carbocycles. The summed E-state index contributed by atoms with van der Waals surface area (Å²) in [6, 6.07) is 9.18. The summed E-state index contributed by atoms with van der Waals surface area (Å²) >= 11 is 0. The van der Waals surface area contributed by atoms with Crippen molar-refractivity contribution >= 4 is 5.69 Å². The zero-order chi connectivity index (χ0) is 8.53. The molecule has 11 heavy (non-hydrogen) atoms. The normalized spacial score (nSPS) is 7.36. The minimum Gasteiger partial charge on any atom is -0.388 e. The molecule has 58 valence electrons. The van der Waals surface area contributed by atoms with Gasteiger partial charge in [0.15, 0.2) is 5.69 Å². The van der Waals surface area contributed by atoms with Crippen molar-refractivity contribution in [3.05, 3.63) is 41.7 Å². The van der Waals surface area contributed by atoms with Gasteiger partial charge in [-0.05, 0) is 0 Å². The third-order valence-corrected chi connectivity index (χ3v) is 0.885. The Balaban J connectivity index is 0.000000292. The first kappa shape index (κ1) is 9.67. The standard InChI is InChI=1S/C7H5N.C2H6O/c1-8-7-5-3-2-4-6-7;1-3-2/h2-6H;1-2H3. The predicted octanol–water partition coefficient (Wildman–Crippen LogP) is 2.50. The molecule has 0 atom stereocenters. The maximum Gasteiger partial charge on any atom is 0.187 e. The Bertz CT molecular complexity index is 213. The van der Waals surface area contributed by atoms with E-state index in [2.05, 4.69) is 9.58 Å². The number of ether oxygens (including phenoxy) is 1. The summed E-state index contributed by atoms with van der Waals surface area (Å²) in [4.78, 5) is 3.22. The van der Waals surface area contributed by atoms with Gasteiger partial charge in [0.1, 0.15) is 0 Å². The number of nitrogens with zero attached hydrogens (tertiary/aromatic N) is 1. The van der Waals surface area contributed by atoms with Gasteiger partial charge in [0.25, 0.3) is 0 Å². The molecule has 0 N–H and O–H groups in total. The lowest BCUT2D eigenvalue weighted by Crippen LogP contribution is -1.55. The Labute approximate surface area is 67.2 Å². The largest absolute Gasteiger partial charge is 0.388 e. The van der Waals surface area contributed by atoms with Crippen LogP contribution < -0.4 is 0 Å². The quantitative estimate of drug-likeness (QED) is 0.517. The second kappa shape index (κ2) is 6.79. The molecule has 0 saturated heterocycles. The summed E-state index contributed by atoms with van der Waals surface area (Å²) in [6.45, 7) is 6.57. The van der Waals surface area contributed by atoms with E-state index in [1.54, 1.807) is 26.4 Å². The highest BCUT2D eigenvalue weighted by Gasteiger charge is 1.79. The van der Waals surface area contributed by atoms with Gasteiger partial charge in [-0.1, -0.05) is 30.3 Å². The van der Waals surface area contributed by atoms with Crippen molar-refractivity contribution in [2.75, 3.05) is 14.2 Å². The van der Waals surface area contributed by atoms with Gasteiger partial charge in [0, 0.05) is 14.2 Å². The van der Waals surface area contributed by atoms with Crippen molar-refractivity contribution in [2.24, 2.45) is 0 Å². The number of hydrogen-bond donors (Lipinski definition) is 0. The van der Waals surface area contributed by atoms with Crippen molar-refractivity contribution < 1.29 is 4.74 Å². The molecule has 0 heterocycles. The summed E-state index contributed by atoms with van der Waals surface area (Å²) in [5, 5.41) is 0. The molecule has 0 aliphatic heterocycles. The van der Waals surface area contributed by atoms with E-state index in [-0.39, 0.29) is 0 Å². The average Bonchev–Trinajstić information content (AvgIpc) is 2.08. The molecule has 0 fully saturated rings. The maximum absolute atomic E-state index is 6.57. The Morgan fingerprint density at radius 2 is 1.64 bits per heavy atom. The Morgan fingerprint density at radius 1 is 1.18 bits per heavy atom. The number of hydrogen-bond acceptors (Lipinski definition) is 1. The van der Waals surface area contributed by atoms with E-state index >= 15 is 0 Å². The molecule has 1 rings (SSSR count). The number of rotatable bonds is 0. The summed E-state index contributed by atoms with van der Waals surface area (Å²) in [6.07, 6.45) is 0. The van der Waals surface area contributed by atoms with E-state index < -0.39 is 0 Å². The molecule has 0 radical (unpaired) electrons. The highest BCUT2D eigenvalue weighted by Crippen LogP contribution is 2.07. The Kier molecular flexibility index (Phi) is 5.96. The van der Waals surface area contributed by atoms with Crippen LogP contribution in [0.3, 0.4) is 0 Å². The average molecular weight is 149 g/mol. The van der Waals surface area contributed by atoms with E-state index in [4.69, 9.17) is 6.57 Å². The van der Waals surface area contributed by atoms with Gasteiger partial charge < -0.3 is 4.74 Å². The van der Waals surface area contributed by atoms with Gasteiger partial charge in [-0.3, -0.25) is 0 Å². The molecule has 0 spiro atoms. The van der Waals surface area contributed by atoms with E-state index in [0.29, 0.717) is 5.69 Å². The summed E-state index contributed by atoms with van der Waals surface area (Å²) < 4.78 is 4.25. The van der Waals surface area contributed by atoms with Crippen LogP contribution in [0, 0.1) is 6.57 Å². The first-order chi connectivity index (χ1) is 5.35. The van der Waals surface area contributed by atoms with Crippen LogP contribution in [0.5, 0.6) is 0 Å². The van der Waals surface area contributed by atoms with Gasteiger partial charge in [-0.25, -0.2) is 4.85 Å². The second-order valence-corrected chi connectivity index (χ2v) is 1.86. The molecule has 1 aromatic rings. The maximum atomic E-state index is 6.57. The molecular weight excluding hydrogens is 138 g/mol. The minimum absolute atomic E-state index is 0.701. The third-order valence-electron chi connectivity index (χ3n) is 0.885. The van der Waals surface area contributed by atoms with Gasteiger partial charge in [-0.2, -0.15) is 0 Å². The lowest BCUT2D eigenvalue weighted by atomic mass is 10.3. The van der Waals surface area contributed by atoms with Crippen molar-refractivity contribution in [1.29, 1.82) is 0 Å². The van der Waals surface area contributed by atoms with Gasteiger partial charge in [0.05, 0.1) is 6.57 Å². The number of methoxy groups -OCH3 is 1. The molecule has 1 aromatic carbocycles. The minimum atomic E-state index is 0.701. The lowest BCUT2D eigenvalue weighted by Gasteiger charge is -1.80. The molecule has 0 amide bonds. The van der Waals surface area contributed by atoms with Crippen molar-refractivity contribution in [3.8, 4) is 0 Å². The van der Waals surface area contributed by atoms with E-state index in [9.17, 15) is 0 Å². The number of para-hydroxylation sites is 1. The Hall–Kier alpha value is -1.33. The highest BCUT2D eigenvalue weighted by molar-refractivity contribution is 5.42. The summed E-state index contributed by atoms with van der Waals surface area (Å²) in [5.74, 6) is 0. The molecule has 2 nitrogen and oxygen atoms in total. The molecule has 0 unspecified atom stereocenters. The molecule has 0 aromatic heterocycles. The van der Waals surface area contributed by atoms with Crippen LogP contribution in [-0.2, 0) is 4.74 Å². The first-order valence-electron chi connectivity index (χ1n) is 3.17. The van der Waals surface area contributed by atoms with Gasteiger partial charge in [-0.15, -0.1) is 0 Å². The predicted molar refractivity (Wildman–Crippen MR) is 45.6 cm³/mol. The third kappa shape index (κ3) is 5.13. The molecule has 0 aliphatic carbocycles. The first-order valence-corrected chi connectivity index (χ1v) is 3.17. The Morgan fingerprint density at radius 3 is 1.91 bits per heavy atom. The second-order valence-electron chi connectivity index (χ2n) is 1.86. The molecule has 0 bridgehead atoms. The van der Waals surface area contributed by atoms with Gasteiger partial charge in [0.2, 0.25) is 0 Å². The van der Waals surface area contributed by atoms with E-state index in [1.807, 2.05) is 18.2 Å². The monoisotopic (exact) mass is 149 g/mol. The van der Waals surface area contributed by atoms with Crippen LogP contribution >= 0.6 is 0 Å². The zero-order valence-corrected chi connectivity index (χ0v) is 6.74. The van der Waals surface area contributed by atoms with Crippen molar-refractivity contribution in [3.63, 3.8) is 0 Å². The summed E-state index contributed by atoms with van der Waals surface area (Å²) in [5.41, 5.74) is 0.701. The van der Waals surface area contributed by atoms with Crippen LogP contribution in [0.25, 0.3) is 4.85 Å². The molecule has 0 aliphatic rings. The van der Waals surface area contributed by atoms with E-state index in [0.717, 1.165) is 0 Å². The van der Waals surface area contributed by atoms with Crippen molar-refractivity contribution in [2.45, 2.75) is 0 Å². The fourth-order valence-electron chi connectivity index (χ4n) is 0.503.